The second-order valence-corrected chi connectivity index (χ2v) is 7.86. The van der Waals surface area contributed by atoms with Crippen LogP contribution in [0.2, 0.25) is 0 Å². The monoisotopic (exact) mass is 435 g/mol. The van der Waals surface area contributed by atoms with Gasteiger partial charge >= 0.3 is 5.97 Å². The van der Waals surface area contributed by atoms with Gasteiger partial charge in [-0.2, -0.15) is 0 Å². The first kappa shape index (κ1) is 21.5. The highest BCUT2D eigenvalue weighted by atomic mass is 16.5. The number of aryl methyl sites for hydroxylation is 1. The number of rotatable bonds is 7. The van der Waals surface area contributed by atoms with Gasteiger partial charge in [-0.25, -0.2) is 9.78 Å². The van der Waals surface area contributed by atoms with Crippen LogP contribution in [0.5, 0.6) is 5.75 Å². The number of aliphatic carboxylic acids is 1. The summed E-state index contributed by atoms with van der Waals surface area (Å²) in [4.78, 5) is 40.6. The summed E-state index contributed by atoms with van der Waals surface area (Å²) in [5.41, 5.74) is 1.99. The molecule has 2 aromatic carbocycles. The van der Waals surface area contributed by atoms with Gasteiger partial charge in [0.1, 0.15) is 11.6 Å². The van der Waals surface area contributed by atoms with E-state index < -0.39 is 5.97 Å². The van der Waals surface area contributed by atoms with Crippen LogP contribution in [0.25, 0.3) is 10.9 Å². The van der Waals surface area contributed by atoms with Crippen LogP contribution < -0.4 is 15.6 Å². The number of carboxylic acid groups (broad SMARTS) is 1. The molecule has 166 valence electrons. The summed E-state index contributed by atoms with van der Waals surface area (Å²) in [5, 5.41) is 12.1. The van der Waals surface area contributed by atoms with Gasteiger partial charge in [0.05, 0.1) is 10.9 Å². The molecule has 0 radical (unpaired) electrons. The number of hydrogen-bond acceptors (Lipinski definition) is 5. The fourth-order valence-electron chi connectivity index (χ4n) is 3.88. The molecule has 0 atom stereocenters. The number of ether oxygens (including phenoxy) is 1. The molecule has 0 fully saturated rings. The third kappa shape index (κ3) is 4.96. The van der Waals surface area contributed by atoms with Gasteiger partial charge in [0.25, 0.3) is 11.5 Å². The minimum atomic E-state index is -1.03. The van der Waals surface area contributed by atoms with Gasteiger partial charge in [-0.1, -0.05) is 18.6 Å². The van der Waals surface area contributed by atoms with Crippen molar-refractivity contribution in [3.05, 3.63) is 69.8 Å². The summed E-state index contributed by atoms with van der Waals surface area (Å²) in [6.45, 7) is 0.754. The molecule has 0 spiro atoms. The van der Waals surface area contributed by atoms with Gasteiger partial charge in [-0.05, 0) is 55.2 Å². The van der Waals surface area contributed by atoms with Crippen LogP contribution in [0, 0.1) is 0 Å². The molecule has 2 N–H and O–H groups in total. The number of carbonyl (C=O) groups is 2. The quantitative estimate of drug-likeness (QED) is 0.590. The lowest BCUT2D eigenvalue weighted by Crippen LogP contribution is -2.27. The average molecular weight is 435 g/mol. The molecule has 0 saturated carbocycles. The molecule has 2 heterocycles. The predicted molar refractivity (Wildman–Crippen MR) is 119 cm³/mol. The molecule has 1 aliphatic rings. The summed E-state index contributed by atoms with van der Waals surface area (Å²) in [6.07, 6.45) is 4.49. The molecular formula is C24H25N3O5. The summed E-state index contributed by atoms with van der Waals surface area (Å²) in [6, 6.07) is 12.1. The summed E-state index contributed by atoms with van der Waals surface area (Å²) in [5.74, 6) is 0.0393. The van der Waals surface area contributed by atoms with Crippen molar-refractivity contribution in [2.24, 2.45) is 0 Å². The topological polar surface area (TPSA) is 111 Å². The fraction of sp³-hybridized carbons (Fsp3) is 0.333. The maximum absolute atomic E-state index is 12.8. The van der Waals surface area contributed by atoms with Crippen LogP contribution in [0.4, 0.5) is 0 Å². The van der Waals surface area contributed by atoms with E-state index in [1.165, 1.54) is 0 Å². The van der Waals surface area contributed by atoms with E-state index in [0.29, 0.717) is 41.7 Å². The number of benzene rings is 2. The maximum atomic E-state index is 12.8. The zero-order chi connectivity index (χ0) is 22.5. The number of hydrogen-bond donors (Lipinski definition) is 2. The largest absolute Gasteiger partial charge is 0.482 e. The molecule has 32 heavy (non-hydrogen) atoms. The number of nitrogens with one attached hydrogen (secondary N) is 1. The van der Waals surface area contributed by atoms with Crippen molar-refractivity contribution in [2.45, 2.75) is 38.6 Å². The van der Waals surface area contributed by atoms with Crippen LogP contribution in [0.3, 0.4) is 0 Å². The first-order chi connectivity index (χ1) is 15.5. The highest BCUT2D eigenvalue weighted by Gasteiger charge is 2.15. The Morgan fingerprint density at radius 2 is 1.91 bits per heavy atom. The lowest BCUT2D eigenvalue weighted by Gasteiger charge is -2.11. The summed E-state index contributed by atoms with van der Waals surface area (Å²) in [7, 11) is 0. The van der Waals surface area contributed by atoms with Crippen molar-refractivity contribution in [1.82, 2.24) is 14.9 Å². The molecule has 3 aromatic rings. The predicted octanol–water partition coefficient (Wildman–Crippen LogP) is 2.56. The lowest BCUT2D eigenvalue weighted by molar-refractivity contribution is -0.139. The summed E-state index contributed by atoms with van der Waals surface area (Å²) < 4.78 is 6.88. The highest BCUT2D eigenvalue weighted by Crippen LogP contribution is 2.17. The van der Waals surface area contributed by atoms with Gasteiger partial charge < -0.3 is 15.2 Å². The van der Waals surface area contributed by atoms with Crippen LogP contribution >= 0.6 is 0 Å². The summed E-state index contributed by atoms with van der Waals surface area (Å²) >= 11 is 0. The zero-order valence-corrected chi connectivity index (χ0v) is 17.7. The number of amides is 1. The molecule has 4 rings (SSSR count). The molecule has 0 bridgehead atoms. The average Bonchev–Trinajstić information content (AvgIpc) is 3.04. The van der Waals surface area contributed by atoms with Crippen molar-refractivity contribution in [1.29, 1.82) is 0 Å². The lowest BCUT2D eigenvalue weighted by atomic mass is 10.1. The Hall–Kier alpha value is -3.68. The highest BCUT2D eigenvalue weighted by molar-refractivity contribution is 5.97. The maximum Gasteiger partial charge on any atom is 0.341 e. The van der Waals surface area contributed by atoms with E-state index in [1.54, 1.807) is 34.9 Å². The minimum absolute atomic E-state index is 0.0327. The first-order valence-corrected chi connectivity index (χ1v) is 10.8. The minimum Gasteiger partial charge on any atom is -0.482 e. The fourth-order valence-corrected chi connectivity index (χ4v) is 3.88. The first-order valence-electron chi connectivity index (χ1n) is 10.8. The van der Waals surface area contributed by atoms with E-state index in [0.717, 1.165) is 37.1 Å². The zero-order valence-electron chi connectivity index (χ0n) is 17.7. The van der Waals surface area contributed by atoms with Crippen LogP contribution in [0.1, 0.15) is 41.0 Å². The molecule has 0 aliphatic carbocycles. The normalized spacial score (nSPS) is 13.2. The number of carboxylic acids is 1. The molecule has 1 aromatic heterocycles. The molecule has 1 aliphatic heterocycles. The number of nitrogens with zero attached hydrogens (tertiary/aromatic N) is 2. The van der Waals surface area contributed by atoms with E-state index in [4.69, 9.17) is 9.84 Å². The van der Waals surface area contributed by atoms with Crippen molar-refractivity contribution in [2.75, 3.05) is 13.2 Å². The van der Waals surface area contributed by atoms with Crippen molar-refractivity contribution >= 4 is 22.8 Å². The van der Waals surface area contributed by atoms with E-state index in [9.17, 15) is 14.4 Å². The molecular weight excluding hydrogens is 410 g/mol. The van der Waals surface area contributed by atoms with E-state index in [2.05, 4.69) is 10.3 Å². The van der Waals surface area contributed by atoms with Crippen molar-refractivity contribution in [3.63, 3.8) is 0 Å². The van der Waals surface area contributed by atoms with E-state index in [-0.39, 0.29) is 18.1 Å². The third-order valence-corrected chi connectivity index (χ3v) is 5.56. The smallest absolute Gasteiger partial charge is 0.341 e. The second-order valence-electron chi connectivity index (χ2n) is 7.86. The number of aromatic nitrogens is 2. The van der Waals surface area contributed by atoms with Gasteiger partial charge in [-0.15, -0.1) is 0 Å². The molecule has 8 heteroatoms. The SMILES string of the molecule is O=C(O)COc1ccc(CCNC(=O)c2ccc3c(=O)n4c(nc3c2)CCCCC4)cc1. The third-order valence-electron chi connectivity index (χ3n) is 5.56. The molecule has 0 unspecified atom stereocenters. The van der Waals surface area contributed by atoms with E-state index in [1.807, 2.05) is 12.1 Å². The van der Waals surface area contributed by atoms with Crippen LogP contribution in [0.15, 0.2) is 47.3 Å². The standard InChI is InChI=1S/C24H25N3O5/c28-22(29)15-32-18-8-5-16(6-9-18)11-12-25-23(30)17-7-10-19-20(14-17)26-21-4-2-1-3-13-27(21)24(19)31/h5-10,14H,1-4,11-13,15H2,(H,25,30)(H,28,29). The Labute approximate surface area is 184 Å². The second kappa shape index (κ2) is 9.64. The van der Waals surface area contributed by atoms with Crippen LogP contribution in [-0.4, -0.2) is 39.7 Å². The van der Waals surface area contributed by atoms with Crippen molar-refractivity contribution in [3.8, 4) is 5.75 Å². The van der Waals surface area contributed by atoms with Gasteiger partial charge in [0.15, 0.2) is 6.61 Å². The number of fused-ring (bicyclic) bond motifs is 2. The molecule has 8 nitrogen and oxygen atoms in total. The van der Waals surface area contributed by atoms with E-state index >= 15 is 0 Å². The number of carbonyl (C=O) groups excluding carboxylic acids is 1. The van der Waals surface area contributed by atoms with Crippen LogP contribution in [-0.2, 0) is 24.2 Å². The van der Waals surface area contributed by atoms with Gasteiger partial charge in [0.2, 0.25) is 0 Å². The van der Waals surface area contributed by atoms with Gasteiger partial charge in [-0.3, -0.25) is 14.2 Å². The van der Waals surface area contributed by atoms with Gasteiger partial charge in [0, 0.05) is 25.1 Å². The Morgan fingerprint density at radius 1 is 1.09 bits per heavy atom. The Balaban J connectivity index is 1.39. The Morgan fingerprint density at radius 3 is 2.69 bits per heavy atom. The van der Waals surface area contributed by atoms with Crippen molar-refractivity contribution < 1.29 is 19.4 Å². The molecule has 1 amide bonds. The Kier molecular flexibility index (Phi) is 6.49. The molecule has 0 saturated heterocycles. The Bertz CT molecular complexity index is 1200.